The van der Waals surface area contributed by atoms with Crippen molar-refractivity contribution in [1.29, 1.82) is 0 Å². The van der Waals surface area contributed by atoms with Crippen LogP contribution in [0.25, 0.3) is 0 Å². The summed E-state index contributed by atoms with van der Waals surface area (Å²) in [4.78, 5) is 13.4. The van der Waals surface area contributed by atoms with Crippen LogP contribution in [-0.2, 0) is 33.2 Å². The van der Waals surface area contributed by atoms with Gasteiger partial charge in [0.1, 0.15) is 73.2 Å². The van der Waals surface area contributed by atoms with E-state index in [0.717, 1.165) is 89.9 Å². The van der Waals surface area contributed by atoms with Crippen LogP contribution in [0.5, 0.6) is 0 Å². The first-order chi connectivity index (χ1) is 45.3. The minimum atomic E-state index is -1.99. The van der Waals surface area contributed by atoms with E-state index in [-0.39, 0.29) is 12.3 Å². The van der Waals surface area contributed by atoms with Gasteiger partial charge in [0, 0.05) is 6.42 Å². The van der Waals surface area contributed by atoms with Gasteiger partial charge in [-0.15, -0.1) is 0 Å². The second kappa shape index (κ2) is 54.0. The van der Waals surface area contributed by atoms with Crippen LogP contribution in [0.2, 0.25) is 0 Å². The van der Waals surface area contributed by atoms with E-state index >= 15 is 0 Å². The van der Waals surface area contributed by atoms with Crippen molar-refractivity contribution in [3.05, 3.63) is 134 Å². The number of nitrogens with one attached hydrogen (secondary N) is 1. The lowest BCUT2D eigenvalue weighted by Crippen LogP contribution is -2.66. The number of aliphatic hydroxyl groups excluding tert-OH is 11. The number of hydrogen-bond acceptors (Lipinski definition) is 18. The number of carbonyl (C=O) groups is 1. The van der Waals surface area contributed by atoms with Crippen LogP contribution in [-0.4, -0.2) is 193 Å². The molecular formula is C74H121NO18. The van der Waals surface area contributed by atoms with Crippen LogP contribution in [0.15, 0.2) is 134 Å². The maximum Gasteiger partial charge on any atom is 0.220 e. The molecule has 0 bridgehead atoms. The Morgan fingerprint density at radius 1 is 0.398 bits per heavy atom. The van der Waals surface area contributed by atoms with Gasteiger partial charge in [0.05, 0.1) is 38.6 Å². The molecule has 3 fully saturated rings. The minimum Gasteiger partial charge on any atom is -0.394 e. The second-order valence-electron chi connectivity index (χ2n) is 24.2. The normalized spacial score (nSPS) is 28.4. The number of unbranched alkanes of at least 4 members (excludes halogenated alkanes) is 15. The van der Waals surface area contributed by atoms with E-state index in [1.54, 1.807) is 6.08 Å². The molecule has 0 radical (unpaired) electrons. The van der Waals surface area contributed by atoms with Crippen molar-refractivity contribution >= 4 is 5.91 Å². The van der Waals surface area contributed by atoms with Crippen molar-refractivity contribution in [3.63, 3.8) is 0 Å². The number of hydrogen-bond donors (Lipinski definition) is 12. The zero-order valence-corrected chi connectivity index (χ0v) is 55.9. The Morgan fingerprint density at radius 2 is 0.753 bits per heavy atom. The highest BCUT2D eigenvalue weighted by Gasteiger charge is 2.53. The van der Waals surface area contributed by atoms with Gasteiger partial charge in [0.2, 0.25) is 5.91 Å². The number of ether oxygens (including phenoxy) is 6. The molecule has 93 heavy (non-hydrogen) atoms. The lowest BCUT2D eigenvalue weighted by molar-refractivity contribution is -0.379. The molecule has 530 valence electrons. The zero-order valence-electron chi connectivity index (χ0n) is 55.9. The monoisotopic (exact) mass is 1310 g/mol. The predicted octanol–water partition coefficient (Wildman–Crippen LogP) is 9.38. The third-order valence-electron chi connectivity index (χ3n) is 16.4. The number of allylic oxidation sites excluding steroid dienone is 21. The SMILES string of the molecule is CC/C=C\C/C=C\C/C=C\C/C=C\C/C=C\C/C=C\C/C=C\C/C=C\CCCCC(=O)NC(COC1OC(CO)C(OC2OC(CO)C(OC3OC(CO)C(O)C(O)C3O)C(O)C2O)C(O)C1O)C(O)/C=C/CC/C=C/CC/C=C/CCCCCCCCCCCCC. The largest absolute Gasteiger partial charge is 0.394 e. The molecule has 19 heteroatoms. The molecule has 12 N–H and O–H groups in total. The Labute approximate surface area is 556 Å². The van der Waals surface area contributed by atoms with Gasteiger partial charge in [-0.25, -0.2) is 0 Å². The predicted molar refractivity (Wildman–Crippen MR) is 364 cm³/mol. The number of amides is 1. The van der Waals surface area contributed by atoms with Crippen molar-refractivity contribution in [1.82, 2.24) is 5.32 Å². The Hall–Kier alpha value is -4.07. The van der Waals surface area contributed by atoms with Gasteiger partial charge in [-0.1, -0.05) is 212 Å². The van der Waals surface area contributed by atoms with Crippen molar-refractivity contribution < 1.29 is 89.4 Å². The summed E-state index contributed by atoms with van der Waals surface area (Å²) in [6.45, 7) is 1.54. The summed E-state index contributed by atoms with van der Waals surface area (Å²) in [6.07, 6.45) is 48.5. The van der Waals surface area contributed by atoms with E-state index in [2.05, 4.69) is 141 Å². The molecule has 0 aromatic heterocycles. The van der Waals surface area contributed by atoms with Gasteiger partial charge in [-0.2, -0.15) is 0 Å². The van der Waals surface area contributed by atoms with Crippen LogP contribution in [0.1, 0.15) is 194 Å². The molecule has 3 aliphatic rings. The molecule has 3 aliphatic heterocycles. The van der Waals surface area contributed by atoms with E-state index in [9.17, 15) is 61.0 Å². The summed E-state index contributed by atoms with van der Waals surface area (Å²) >= 11 is 0. The third kappa shape index (κ3) is 35.7. The summed E-state index contributed by atoms with van der Waals surface area (Å²) in [5.74, 6) is -0.338. The van der Waals surface area contributed by atoms with Crippen LogP contribution in [0.3, 0.4) is 0 Å². The van der Waals surface area contributed by atoms with E-state index in [4.69, 9.17) is 28.4 Å². The molecule has 19 nitrogen and oxygen atoms in total. The summed E-state index contributed by atoms with van der Waals surface area (Å²) in [6, 6.07) is -1.03. The maximum atomic E-state index is 13.4. The van der Waals surface area contributed by atoms with E-state index in [0.29, 0.717) is 12.8 Å². The van der Waals surface area contributed by atoms with E-state index < -0.39 is 131 Å². The highest BCUT2D eigenvalue weighted by molar-refractivity contribution is 5.76. The van der Waals surface area contributed by atoms with Crippen LogP contribution in [0, 0.1) is 0 Å². The molecule has 17 atom stereocenters. The van der Waals surface area contributed by atoms with Crippen LogP contribution >= 0.6 is 0 Å². The standard InChI is InChI=1S/C74H121NO18/c1-3-5-7-9-11-13-15-17-19-21-23-25-26-27-28-29-30-32-34-36-38-40-42-44-46-48-50-52-62(80)75-57(58(79)51-49-47-45-43-41-39-37-35-33-31-24-22-20-18-16-14-12-10-8-6-4-2)56-88-72-68(86)65(83)70(60(54-77)90-72)93-74-69(87)66(84)71(61(55-78)91-74)92-73-67(85)64(82)63(81)59(53-76)89-73/h5,7,11,13,17,19,23,25,27-28,30,32-33,35-36,38,41-44,49,51,57-61,63-74,76-79,81-87H,3-4,6,8-10,12,14-16,18,20-22,24,26,29,31,34,37,39-40,45-48,50,52-56H2,1-2H3,(H,75,80)/b7-5-,13-11-,19-17-,25-23-,28-27-,32-30-,35-33+,38-36-,43-41+,44-42-,51-49+. The fraction of sp³-hybridized carbons (Fsp3) is 0.689. The average Bonchev–Trinajstić information content (AvgIpc) is 0.902. The minimum absolute atomic E-state index is 0.167. The third-order valence-corrected chi connectivity index (χ3v) is 16.4. The Balaban J connectivity index is 1.48. The first kappa shape index (κ1) is 83.2. The number of aliphatic hydroxyl groups is 11. The van der Waals surface area contributed by atoms with Crippen LogP contribution < -0.4 is 5.32 Å². The quantitative estimate of drug-likeness (QED) is 0.0199. The summed E-state index contributed by atoms with van der Waals surface area (Å²) < 4.78 is 34.3. The molecule has 1 amide bonds. The summed E-state index contributed by atoms with van der Waals surface area (Å²) in [7, 11) is 0. The maximum absolute atomic E-state index is 13.4. The van der Waals surface area contributed by atoms with Crippen molar-refractivity contribution in [2.45, 2.75) is 298 Å². The van der Waals surface area contributed by atoms with Gasteiger partial charge in [0.15, 0.2) is 18.9 Å². The van der Waals surface area contributed by atoms with Gasteiger partial charge >= 0.3 is 0 Å². The summed E-state index contributed by atoms with van der Waals surface area (Å²) in [5, 5.41) is 120. The molecule has 0 spiro atoms. The fourth-order valence-electron chi connectivity index (χ4n) is 10.8. The van der Waals surface area contributed by atoms with Crippen molar-refractivity contribution in [3.8, 4) is 0 Å². The smallest absolute Gasteiger partial charge is 0.220 e. The molecule has 17 unspecified atom stereocenters. The van der Waals surface area contributed by atoms with Gasteiger partial charge in [-0.3, -0.25) is 4.79 Å². The number of rotatable bonds is 51. The summed E-state index contributed by atoms with van der Waals surface area (Å²) in [5.41, 5.74) is 0. The second-order valence-corrected chi connectivity index (χ2v) is 24.2. The molecule has 0 aromatic rings. The molecular weight excluding hydrogens is 1190 g/mol. The Bertz CT molecular complexity index is 2210. The van der Waals surface area contributed by atoms with Gasteiger partial charge in [0.25, 0.3) is 0 Å². The molecule has 0 saturated carbocycles. The Kier molecular flexibility index (Phi) is 48.3. The fourth-order valence-corrected chi connectivity index (χ4v) is 10.8. The molecule has 0 aromatic carbocycles. The highest BCUT2D eigenvalue weighted by Crippen LogP contribution is 2.33. The lowest BCUT2D eigenvalue weighted by Gasteiger charge is -2.48. The average molecular weight is 1310 g/mol. The zero-order chi connectivity index (χ0) is 67.5. The van der Waals surface area contributed by atoms with Crippen molar-refractivity contribution in [2.24, 2.45) is 0 Å². The van der Waals surface area contributed by atoms with E-state index in [1.165, 1.54) is 70.6 Å². The van der Waals surface area contributed by atoms with Gasteiger partial charge in [-0.05, 0) is 109 Å². The first-order valence-electron chi connectivity index (χ1n) is 34.9. The highest BCUT2D eigenvalue weighted by atomic mass is 16.8. The molecule has 3 heterocycles. The molecule has 0 aliphatic carbocycles. The van der Waals surface area contributed by atoms with Crippen LogP contribution in [0.4, 0.5) is 0 Å². The Morgan fingerprint density at radius 3 is 1.20 bits per heavy atom. The van der Waals surface area contributed by atoms with E-state index in [1.807, 2.05) is 6.08 Å². The number of carbonyl (C=O) groups excluding carboxylic acids is 1. The topological polar surface area (TPSA) is 307 Å². The molecule has 3 saturated heterocycles. The molecule has 3 rings (SSSR count). The van der Waals surface area contributed by atoms with Gasteiger partial charge < -0.3 is 89.9 Å². The lowest BCUT2D eigenvalue weighted by atomic mass is 9.96. The first-order valence-corrected chi connectivity index (χ1v) is 34.9. The van der Waals surface area contributed by atoms with Crippen molar-refractivity contribution in [2.75, 3.05) is 26.4 Å².